The molecule has 0 saturated heterocycles. The van der Waals surface area contributed by atoms with Crippen molar-refractivity contribution < 1.29 is 23.9 Å². The molecule has 0 aliphatic rings. The summed E-state index contributed by atoms with van der Waals surface area (Å²) < 4.78 is 9.89. The molecule has 2 aromatic carbocycles. The maximum absolute atomic E-state index is 12.0. The Balaban J connectivity index is 2.18. The topological polar surface area (TPSA) is 78.7 Å². The minimum absolute atomic E-state index is 0.0304. The van der Waals surface area contributed by atoms with Crippen LogP contribution in [0.4, 0.5) is 0 Å². The molecule has 7 nitrogen and oxygen atoms in total. The van der Waals surface area contributed by atoms with Gasteiger partial charge in [0.1, 0.15) is 13.7 Å². The van der Waals surface area contributed by atoms with Gasteiger partial charge in [0.05, 0.1) is 13.7 Å². The Morgan fingerprint density at radius 2 is 1.77 bits per heavy atom. The van der Waals surface area contributed by atoms with Gasteiger partial charge in [-0.25, -0.2) is 4.79 Å². The van der Waals surface area contributed by atoms with Crippen LogP contribution in [0.5, 0.6) is 0 Å². The average Bonchev–Trinajstić information content (AvgIpc) is 2.77. The average molecular weight is 429 g/mol. The van der Waals surface area contributed by atoms with Crippen LogP contribution in [0.25, 0.3) is 0 Å². The number of methoxy groups -OCH3 is 2. The lowest BCUT2D eigenvalue weighted by Gasteiger charge is -2.09. The van der Waals surface area contributed by atoms with Gasteiger partial charge in [0.2, 0.25) is 0 Å². The van der Waals surface area contributed by atoms with Crippen molar-refractivity contribution in [2.24, 2.45) is 10.3 Å². The van der Waals surface area contributed by atoms with Gasteiger partial charge in [0.25, 0.3) is 0 Å². The van der Waals surface area contributed by atoms with Gasteiger partial charge < -0.3 is 19.1 Å². The van der Waals surface area contributed by atoms with E-state index in [0.29, 0.717) is 21.9 Å². The fraction of sp³-hybridized carbons (Fsp3) is 0.227. The number of hydrogen-bond acceptors (Lipinski definition) is 7. The van der Waals surface area contributed by atoms with Crippen LogP contribution in [0.15, 0.2) is 58.8 Å². The molecule has 30 heavy (non-hydrogen) atoms. The van der Waals surface area contributed by atoms with Crippen LogP contribution >= 0.6 is 11.6 Å². The fourth-order valence-electron chi connectivity index (χ4n) is 2.34. The second kappa shape index (κ2) is 12.3. The Morgan fingerprint density at radius 3 is 2.43 bits per heavy atom. The van der Waals surface area contributed by atoms with Crippen LogP contribution in [0.3, 0.4) is 0 Å². The summed E-state index contributed by atoms with van der Waals surface area (Å²) in [5.74, 6) is 5.27. The second-order valence-corrected chi connectivity index (χ2v) is 6.21. The molecule has 2 aromatic rings. The summed E-state index contributed by atoms with van der Waals surface area (Å²) >= 11 is 5.88. The summed E-state index contributed by atoms with van der Waals surface area (Å²) in [6.45, 7) is 0.256. The molecular formula is C22H21ClN2O5. The predicted molar refractivity (Wildman–Crippen MR) is 114 cm³/mol. The molecule has 0 atom stereocenters. The minimum atomic E-state index is -0.623. The van der Waals surface area contributed by atoms with E-state index in [2.05, 4.69) is 22.2 Å². The monoisotopic (exact) mass is 428 g/mol. The summed E-state index contributed by atoms with van der Waals surface area (Å²) in [7, 11) is 4.16. The molecule has 0 unspecified atom stereocenters. The van der Waals surface area contributed by atoms with Gasteiger partial charge in [0, 0.05) is 28.8 Å². The third-order valence-electron chi connectivity index (χ3n) is 3.71. The smallest absolute Gasteiger partial charge is 0.360 e. The third-order valence-corrected chi connectivity index (χ3v) is 3.96. The van der Waals surface area contributed by atoms with Crippen LogP contribution in [0.1, 0.15) is 16.7 Å². The number of hydrogen-bond donors (Lipinski definition) is 0. The van der Waals surface area contributed by atoms with Crippen LogP contribution < -0.4 is 0 Å². The van der Waals surface area contributed by atoms with Crippen LogP contribution in [0.2, 0.25) is 5.02 Å². The lowest BCUT2D eigenvalue weighted by Crippen LogP contribution is -2.19. The lowest BCUT2D eigenvalue weighted by atomic mass is 10.0. The van der Waals surface area contributed by atoms with E-state index < -0.39 is 5.97 Å². The van der Waals surface area contributed by atoms with Crippen molar-refractivity contribution in [1.82, 2.24) is 0 Å². The van der Waals surface area contributed by atoms with Crippen molar-refractivity contribution in [2.45, 2.75) is 6.61 Å². The molecule has 0 bridgehead atoms. The molecule has 0 aromatic heterocycles. The van der Waals surface area contributed by atoms with Crippen molar-refractivity contribution in [2.75, 3.05) is 27.9 Å². The number of benzene rings is 2. The van der Waals surface area contributed by atoms with Crippen molar-refractivity contribution >= 4 is 29.0 Å². The molecule has 0 N–H and O–H groups in total. The molecule has 0 aliphatic carbocycles. The highest BCUT2D eigenvalue weighted by Gasteiger charge is 2.19. The molecular weight excluding hydrogens is 408 g/mol. The Hall–Kier alpha value is -3.34. The molecule has 0 saturated carbocycles. The van der Waals surface area contributed by atoms with Gasteiger partial charge in [0.15, 0.2) is 11.4 Å². The van der Waals surface area contributed by atoms with E-state index in [-0.39, 0.29) is 18.9 Å². The van der Waals surface area contributed by atoms with Crippen LogP contribution in [-0.2, 0) is 30.6 Å². The first kappa shape index (κ1) is 22.9. The van der Waals surface area contributed by atoms with Crippen molar-refractivity contribution in [3.63, 3.8) is 0 Å². The molecule has 156 valence electrons. The van der Waals surface area contributed by atoms with Crippen molar-refractivity contribution in [3.05, 3.63) is 70.2 Å². The molecule has 0 fully saturated rings. The van der Waals surface area contributed by atoms with E-state index in [1.807, 2.05) is 6.07 Å². The largest absolute Gasteiger partial charge is 0.464 e. The number of rotatable bonds is 8. The fourth-order valence-corrected chi connectivity index (χ4v) is 2.47. The number of esters is 1. The first-order valence-electron chi connectivity index (χ1n) is 8.82. The van der Waals surface area contributed by atoms with E-state index in [4.69, 9.17) is 30.7 Å². The number of carbonyl (C=O) groups excluding carboxylic acids is 1. The Morgan fingerprint density at radius 1 is 1.03 bits per heavy atom. The first-order chi connectivity index (χ1) is 14.6. The predicted octanol–water partition coefficient (Wildman–Crippen LogP) is 3.43. The SMILES string of the molecule is COC/C(C#Cc1ccc(Cl)cc1)=N\OCc1ccccc1/C(=N\OC)C(=O)OC. The third kappa shape index (κ3) is 6.92. The number of nitrogens with zero attached hydrogens (tertiary/aromatic N) is 2. The minimum Gasteiger partial charge on any atom is -0.464 e. The maximum Gasteiger partial charge on any atom is 0.360 e. The van der Waals surface area contributed by atoms with Gasteiger partial charge in [-0.1, -0.05) is 52.1 Å². The van der Waals surface area contributed by atoms with E-state index in [0.717, 1.165) is 5.56 Å². The Bertz CT molecular complexity index is 975. The molecule has 0 aliphatic heterocycles. The van der Waals surface area contributed by atoms with E-state index in [1.165, 1.54) is 14.2 Å². The zero-order valence-electron chi connectivity index (χ0n) is 16.8. The summed E-state index contributed by atoms with van der Waals surface area (Å²) in [6, 6.07) is 14.2. The summed E-state index contributed by atoms with van der Waals surface area (Å²) in [5, 5.41) is 8.46. The summed E-state index contributed by atoms with van der Waals surface area (Å²) in [4.78, 5) is 22.2. The molecule has 0 amide bonds. The first-order valence-corrected chi connectivity index (χ1v) is 9.20. The van der Waals surface area contributed by atoms with Gasteiger partial charge >= 0.3 is 5.97 Å². The molecule has 0 radical (unpaired) electrons. The normalized spacial score (nSPS) is 11.3. The number of oxime groups is 2. The van der Waals surface area contributed by atoms with Crippen LogP contribution in [-0.4, -0.2) is 45.3 Å². The Kier molecular flexibility index (Phi) is 9.38. The Labute approximate surface area is 180 Å². The summed E-state index contributed by atoms with van der Waals surface area (Å²) in [6.07, 6.45) is 0. The highest BCUT2D eigenvalue weighted by Crippen LogP contribution is 2.13. The number of carbonyl (C=O) groups is 1. The molecule has 0 heterocycles. The zero-order valence-corrected chi connectivity index (χ0v) is 17.6. The summed E-state index contributed by atoms with van der Waals surface area (Å²) in [5.41, 5.74) is 2.41. The van der Waals surface area contributed by atoms with Gasteiger partial charge in [-0.15, -0.1) is 0 Å². The zero-order chi connectivity index (χ0) is 21.8. The van der Waals surface area contributed by atoms with Crippen molar-refractivity contribution in [1.29, 1.82) is 0 Å². The molecule has 2 rings (SSSR count). The van der Waals surface area contributed by atoms with E-state index in [1.54, 1.807) is 49.6 Å². The number of ether oxygens (including phenoxy) is 2. The van der Waals surface area contributed by atoms with E-state index in [9.17, 15) is 4.79 Å². The quantitative estimate of drug-likeness (QED) is 0.278. The second-order valence-electron chi connectivity index (χ2n) is 5.77. The van der Waals surface area contributed by atoms with Gasteiger partial charge in [-0.2, -0.15) is 0 Å². The van der Waals surface area contributed by atoms with Crippen LogP contribution in [0, 0.1) is 11.8 Å². The lowest BCUT2D eigenvalue weighted by molar-refractivity contribution is -0.132. The van der Waals surface area contributed by atoms with Gasteiger partial charge in [-0.3, -0.25) is 0 Å². The van der Waals surface area contributed by atoms with Crippen molar-refractivity contribution in [3.8, 4) is 11.8 Å². The van der Waals surface area contributed by atoms with Gasteiger partial charge in [-0.05, 0) is 30.2 Å². The molecule has 0 spiro atoms. The molecule has 8 heteroatoms. The highest BCUT2D eigenvalue weighted by molar-refractivity contribution is 6.43. The standard InChI is InChI=1S/C22H21ClN2O5/c1-27-15-19(13-10-16-8-11-18(23)12-9-16)24-30-14-17-6-4-5-7-20(17)21(25-29-3)22(26)28-2/h4-9,11-12H,14-15H2,1-3H3/b24-19-,25-21+. The maximum atomic E-state index is 12.0. The van der Waals surface area contributed by atoms with E-state index >= 15 is 0 Å². The number of halogens is 1. The highest BCUT2D eigenvalue weighted by atomic mass is 35.5.